The van der Waals surface area contributed by atoms with Crippen molar-refractivity contribution in [3.05, 3.63) is 41.0 Å². The van der Waals surface area contributed by atoms with Gasteiger partial charge in [0.25, 0.3) is 0 Å². The number of fused-ring (bicyclic) bond motifs is 2. The van der Waals surface area contributed by atoms with Crippen LogP contribution in [0.25, 0.3) is 5.57 Å². The topological polar surface area (TPSA) is 20.2 Å². The summed E-state index contributed by atoms with van der Waals surface area (Å²) < 4.78 is 0. The fourth-order valence-electron chi connectivity index (χ4n) is 3.07. The summed E-state index contributed by atoms with van der Waals surface area (Å²) in [6, 6.07) is 8.28. The Bertz CT molecular complexity index is 417. The van der Waals surface area contributed by atoms with Gasteiger partial charge in [-0.2, -0.15) is 0 Å². The Hall–Kier alpha value is -1.08. The zero-order valence-corrected chi connectivity index (χ0v) is 8.87. The van der Waals surface area contributed by atoms with Gasteiger partial charge in [-0.1, -0.05) is 29.8 Å². The SMILES string of the molecule is OCc1ccccc1C1=C2CCC(C2)C1. The van der Waals surface area contributed by atoms with Crippen molar-refractivity contribution in [3.8, 4) is 0 Å². The number of aliphatic hydroxyl groups excluding tert-OH is 1. The second-order valence-corrected chi connectivity index (χ2v) is 4.71. The molecule has 0 aliphatic heterocycles. The molecule has 2 bridgehead atoms. The summed E-state index contributed by atoms with van der Waals surface area (Å²) in [6.07, 6.45) is 5.24. The van der Waals surface area contributed by atoms with Crippen molar-refractivity contribution < 1.29 is 5.11 Å². The maximum Gasteiger partial charge on any atom is 0.0687 e. The maximum absolute atomic E-state index is 9.33. The van der Waals surface area contributed by atoms with Crippen molar-refractivity contribution in [3.63, 3.8) is 0 Å². The molecule has 0 radical (unpaired) electrons. The Balaban J connectivity index is 2.06. The molecule has 3 rings (SSSR count). The quantitative estimate of drug-likeness (QED) is 0.777. The van der Waals surface area contributed by atoms with Crippen LogP contribution in [-0.4, -0.2) is 5.11 Å². The smallest absolute Gasteiger partial charge is 0.0687 e. The molecule has 1 unspecified atom stereocenters. The first kappa shape index (κ1) is 9.17. The first-order valence-electron chi connectivity index (χ1n) is 5.78. The van der Waals surface area contributed by atoms with Crippen LogP contribution in [0.1, 0.15) is 36.8 Å². The standard InChI is InChI=1S/C14H16O/c15-9-12-3-1-2-4-13(12)14-8-10-5-6-11(14)7-10/h1-4,10,15H,5-9H2. The minimum atomic E-state index is 0.164. The number of allylic oxidation sites excluding steroid dienone is 2. The van der Waals surface area contributed by atoms with Gasteiger partial charge < -0.3 is 5.11 Å². The van der Waals surface area contributed by atoms with E-state index in [9.17, 15) is 5.11 Å². The molecule has 1 saturated carbocycles. The van der Waals surface area contributed by atoms with E-state index >= 15 is 0 Å². The first-order chi connectivity index (χ1) is 7.38. The van der Waals surface area contributed by atoms with Gasteiger partial charge in [-0.25, -0.2) is 0 Å². The van der Waals surface area contributed by atoms with Crippen LogP contribution in [0.4, 0.5) is 0 Å². The lowest BCUT2D eigenvalue weighted by atomic mass is 9.91. The van der Waals surface area contributed by atoms with Crippen LogP contribution >= 0.6 is 0 Å². The van der Waals surface area contributed by atoms with E-state index in [-0.39, 0.29) is 6.61 Å². The monoisotopic (exact) mass is 200 g/mol. The van der Waals surface area contributed by atoms with Gasteiger partial charge in [-0.05, 0) is 48.3 Å². The van der Waals surface area contributed by atoms with Crippen molar-refractivity contribution in [1.82, 2.24) is 0 Å². The molecule has 0 amide bonds. The largest absolute Gasteiger partial charge is 0.392 e. The molecule has 0 heterocycles. The highest BCUT2D eigenvalue weighted by Gasteiger charge is 2.31. The van der Waals surface area contributed by atoms with Gasteiger partial charge in [0.15, 0.2) is 0 Å². The van der Waals surface area contributed by atoms with Crippen molar-refractivity contribution in [2.24, 2.45) is 5.92 Å². The maximum atomic E-state index is 9.33. The highest BCUT2D eigenvalue weighted by Crippen LogP contribution is 2.48. The fourth-order valence-corrected chi connectivity index (χ4v) is 3.07. The Morgan fingerprint density at radius 2 is 2.07 bits per heavy atom. The molecule has 0 saturated heterocycles. The van der Waals surface area contributed by atoms with Crippen molar-refractivity contribution >= 4 is 5.57 Å². The van der Waals surface area contributed by atoms with Gasteiger partial charge in [0.05, 0.1) is 6.61 Å². The molecule has 1 aromatic rings. The average molecular weight is 200 g/mol. The summed E-state index contributed by atoms with van der Waals surface area (Å²) in [5.74, 6) is 0.904. The zero-order valence-electron chi connectivity index (χ0n) is 8.87. The summed E-state index contributed by atoms with van der Waals surface area (Å²) in [6.45, 7) is 0.164. The molecule has 78 valence electrons. The first-order valence-corrected chi connectivity index (χ1v) is 5.78. The highest BCUT2D eigenvalue weighted by atomic mass is 16.3. The lowest BCUT2D eigenvalue weighted by Crippen LogP contribution is -1.98. The summed E-state index contributed by atoms with van der Waals surface area (Å²) in [5, 5.41) is 9.33. The van der Waals surface area contributed by atoms with Gasteiger partial charge in [-0.3, -0.25) is 0 Å². The molecule has 1 atom stereocenters. The van der Waals surface area contributed by atoms with Crippen LogP contribution in [0, 0.1) is 5.92 Å². The van der Waals surface area contributed by atoms with Crippen LogP contribution in [0.3, 0.4) is 0 Å². The molecule has 2 aliphatic carbocycles. The second-order valence-electron chi connectivity index (χ2n) is 4.71. The lowest BCUT2D eigenvalue weighted by Gasteiger charge is -2.15. The summed E-state index contributed by atoms with van der Waals surface area (Å²) >= 11 is 0. The van der Waals surface area contributed by atoms with E-state index in [0.29, 0.717) is 0 Å². The van der Waals surface area contributed by atoms with Crippen LogP contribution in [0.2, 0.25) is 0 Å². The molecule has 1 nitrogen and oxygen atoms in total. The molecule has 0 aromatic heterocycles. The molecular formula is C14H16O. The second kappa shape index (κ2) is 3.49. The number of rotatable bonds is 2. The third-order valence-corrected chi connectivity index (χ3v) is 3.82. The van der Waals surface area contributed by atoms with E-state index in [1.807, 2.05) is 12.1 Å². The number of hydrogen-bond acceptors (Lipinski definition) is 1. The molecule has 0 spiro atoms. The Labute approximate surface area is 90.4 Å². The highest BCUT2D eigenvalue weighted by molar-refractivity contribution is 5.74. The molecular weight excluding hydrogens is 184 g/mol. The van der Waals surface area contributed by atoms with Crippen LogP contribution in [0.5, 0.6) is 0 Å². The number of benzene rings is 1. The fraction of sp³-hybridized carbons (Fsp3) is 0.429. The minimum absolute atomic E-state index is 0.164. The van der Waals surface area contributed by atoms with E-state index < -0.39 is 0 Å². The minimum Gasteiger partial charge on any atom is -0.392 e. The third kappa shape index (κ3) is 1.42. The Kier molecular flexibility index (Phi) is 2.14. The normalized spacial score (nSPS) is 23.9. The van der Waals surface area contributed by atoms with E-state index in [1.165, 1.54) is 36.8 Å². The summed E-state index contributed by atoms with van der Waals surface area (Å²) in [4.78, 5) is 0. The van der Waals surface area contributed by atoms with Crippen molar-refractivity contribution in [1.29, 1.82) is 0 Å². The van der Waals surface area contributed by atoms with Gasteiger partial charge in [0.1, 0.15) is 0 Å². The Morgan fingerprint density at radius 3 is 2.73 bits per heavy atom. The molecule has 1 fully saturated rings. The van der Waals surface area contributed by atoms with Crippen molar-refractivity contribution in [2.45, 2.75) is 32.3 Å². The van der Waals surface area contributed by atoms with Gasteiger partial charge in [-0.15, -0.1) is 0 Å². The molecule has 2 aliphatic rings. The predicted octanol–water partition coefficient (Wildman–Crippen LogP) is 3.14. The average Bonchev–Trinajstić information content (AvgIpc) is 2.90. The van der Waals surface area contributed by atoms with Crippen molar-refractivity contribution in [2.75, 3.05) is 0 Å². The van der Waals surface area contributed by atoms with Crippen LogP contribution in [0.15, 0.2) is 29.8 Å². The molecule has 1 N–H and O–H groups in total. The van der Waals surface area contributed by atoms with Crippen LogP contribution < -0.4 is 0 Å². The third-order valence-electron chi connectivity index (χ3n) is 3.82. The number of aliphatic hydroxyl groups is 1. The lowest BCUT2D eigenvalue weighted by molar-refractivity contribution is 0.281. The van der Waals surface area contributed by atoms with E-state index in [1.54, 1.807) is 5.57 Å². The molecule has 1 heteroatoms. The van der Waals surface area contributed by atoms with Gasteiger partial charge in [0.2, 0.25) is 0 Å². The van der Waals surface area contributed by atoms with E-state index in [4.69, 9.17) is 0 Å². The molecule has 15 heavy (non-hydrogen) atoms. The van der Waals surface area contributed by atoms with E-state index in [0.717, 1.165) is 11.5 Å². The summed E-state index contributed by atoms with van der Waals surface area (Å²) in [5.41, 5.74) is 5.58. The zero-order chi connectivity index (χ0) is 10.3. The molecule has 1 aromatic carbocycles. The van der Waals surface area contributed by atoms with Gasteiger partial charge >= 0.3 is 0 Å². The Morgan fingerprint density at radius 1 is 1.20 bits per heavy atom. The van der Waals surface area contributed by atoms with Gasteiger partial charge in [0, 0.05) is 0 Å². The number of hydrogen-bond donors (Lipinski definition) is 1. The predicted molar refractivity (Wildman–Crippen MR) is 61.2 cm³/mol. The summed E-state index contributed by atoms with van der Waals surface area (Å²) in [7, 11) is 0. The van der Waals surface area contributed by atoms with E-state index in [2.05, 4.69) is 12.1 Å². The van der Waals surface area contributed by atoms with Crippen LogP contribution in [-0.2, 0) is 6.61 Å².